The highest BCUT2D eigenvalue weighted by Gasteiger charge is 2.28. The van der Waals surface area contributed by atoms with E-state index in [1.807, 2.05) is 12.1 Å². The molecule has 0 radical (unpaired) electrons. The van der Waals surface area contributed by atoms with E-state index >= 15 is 0 Å². The van der Waals surface area contributed by atoms with Crippen LogP contribution in [0.4, 0.5) is 13.2 Å². The summed E-state index contributed by atoms with van der Waals surface area (Å²) in [5.41, 5.74) is 1.46. The highest BCUT2D eigenvalue weighted by molar-refractivity contribution is 7.71. The first-order chi connectivity index (χ1) is 20.5. The zero-order valence-corrected chi connectivity index (χ0v) is 23.3. The van der Waals surface area contributed by atoms with Crippen LogP contribution in [0.25, 0.3) is 16.9 Å². The number of aromatic nitrogens is 5. The summed E-state index contributed by atoms with van der Waals surface area (Å²) in [6.45, 7) is -1.10. The van der Waals surface area contributed by atoms with Crippen molar-refractivity contribution in [1.82, 2.24) is 24.1 Å². The Morgan fingerprint density at radius 2 is 1.60 bits per heavy atom. The highest BCUT2D eigenvalue weighted by atomic mass is 32.1. The Kier molecular flexibility index (Phi) is 9.72. The van der Waals surface area contributed by atoms with Gasteiger partial charge in [-0.15, -0.1) is 0 Å². The summed E-state index contributed by atoms with van der Waals surface area (Å²) in [5.74, 6) is 0.714. The number of ether oxygens (including phenoxy) is 2. The van der Waals surface area contributed by atoms with Gasteiger partial charge in [0.1, 0.15) is 11.5 Å². The molecule has 10 nitrogen and oxygen atoms in total. The van der Waals surface area contributed by atoms with Gasteiger partial charge < -0.3 is 24.0 Å². The third kappa shape index (κ3) is 8.63. The lowest BCUT2D eigenvalue weighted by atomic mass is 10.2. The molecule has 0 saturated heterocycles. The van der Waals surface area contributed by atoms with Crippen molar-refractivity contribution >= 4 is 12.2 Å². The van der Waals surface area contributed by atoms with Gasteiger partial charge in [-0.05, 0) is 60.2 Å². The number of aromatic amines is 2. The summed E-state index contributed by atoms with van der Waals surface area (Å²) in [4.78, 5) is 44.4. The van der Waals surface area contributed by atoms with Gasteiger partial charge in [0.15, 0.2) is 11.4 Å². The second kappa shape index (κ2) is 13.6. The molecule has 0 spiro atoms. The van der Waals surface area contributed by atoms with Crippen molar-refractivity contribution in [3.05, 3.63) is 133 Å². The first-order valence-electron chi connectivity index (χ1n) is 12.5. The second-order valence-electron chi connectivity index (χ2n) is 8.89. The lowest BCUT2D eigenvalue weighted by Gasteiger charge is -2.12. The van der Waals surface area contributed by atoms with Gasteiger partial charge in [0.25, 0.3) is 16.7 Å². The molecule has 0 aliphatic rings. The molecule has 0 amide bonds. The minimum Gasteiger partial charge on any atom is -0.497 e. The van der Waals surface area contributed by atoms with E-state index in [2.05, 4.69) is 15.0 Å². The summed E-state index contributed by atoms with van der Waals surface area (Å²) in [7, 11) is 1.57. The lowest BCUT2D eigenvalue weighted by molar-refractivity contribution is -0.153. The molecule has 2 N–H and O–H groups in total. The predicted octanol–water partition coefficient (Wildman–Crippen LogP) is 4.49. The molecule has 222 valence electrons. The summed E-state index contributed by atoms with van der Waals surface area (Å²) in [5, 5.41) is 0. The van der Waals surface area contributed by atoms with Gasteiger partial charge in [0.05, 0.1) is 31.4 Å². The number of benzene rings is 2. The number of halogens is 3. The van der Waals surface area contributed by atoms with Crippen LogP contribution in [0.15, 0.2) is 106 Å². The summed E-state index contributed by atoms with van der Waals surface area (Å²) in [6.07, 6.45) is -0.0316. The maximum absolute atomic E-state index is 12.9. The van der Waals surface area contributed by atoms with E-state index in [-0.39, 0.29) is 21.6 Å². The number of nitrogens with one attached hydrogen (secondary N) is 2. The maximum atomic E-state index is 12.9. The van der Waals surface area contributed by atoms with Gasteiger partial charge in [-0.2, -0.15) is 13.2 Å². The number of H-pyrrole nitrogens is 2. The van der Waals surface area contributed by atoms with E-state index in [0.29, 0.717) is 29.2 Å². The third-order valence-electron chi connectivity index (χ3n) is 5.83. The Hall–Kier alpha value is -5.24. The molecule has 0 fully saturated rings. The van der Waals surface area contributed by atoms with E-state index in [9.17, 15) is 27.6 Å². The minimum absolute atomic E-state index is 0.00904. The molecule has 5 aromatic rings. The van der Waals surface area contributed by atoms with Crippen LogP contribution in [0.2, 0.25) is 0 Å². The average molecular weight is 612 g/mol. The predicted molar refractivity (Wildman–Crippen MR) is 155 cm³/mol. The van der Waals surface area contributed by atoms with E-state index in [4.69, 9.17) is 21.7 Å². The normalized spacial score (nSPS) is 10.9. The fourth-order valence-electron chi connectivity index (χ4n) is 3.80. The molecule has 5 rings (SSSR count). The van der Waals surface area contributed by atoms with Crippen molar-refractivity contribution in [3.8, 4) is 28.4 Å². The first kappa shape index (κ1) is 30.7. The smallest absolute Gasteiger partial charge is 0.422 e. The van der Waals surface area contributed by atoms with Gasteiger partial charge >= 0.3 is 6.18 Å². The number of alkyl halides is 3. The number of hydrogen-bond donors (Lipinski definition) is 2. The van der Waals surface area contributed by atoms with Gasteiger partial charge in [-0.25, -0.2) is 4.98 Å². The second-order valence-corrected chi connectivity index (χ2v) is 9.28. The Labute approximate surface area is 246 Å². The number of nitrogens with zero attached hydrogens (tertiary/aromatic N) is 3. The van der Waals surface area contributed by atoms with Gasteiger partial charge in [0, 0.05) is 36.2 Å². The van der Waals surface area contributed by atoms with Gasteiger partial charge in [-0.1, -0.05) is 12.1 Å². The van der Waals surface area contributed by atoms with Crippen LogP contribution in [0.5, 0.6) is 11.5 Å². The van der Waals surface area contributed by atoms with Crippen molar-refractivity contribution in [2.45, 2.75) is 12.7 Å². The van der Waals surface area contributed by atoms with Crippen molar-refractivity contribution in [3.63, 3.8) is 0 Å². The fourth-order valence-corrected chi connectivity index (χ4v) is 4.10. The Bertz CT molecular complexity index is 1870. The molecule has 0 atom stereocenters. The standard InChI is InChI=1S/C25H20F3N3O4S.C4H4N2O/c1-34-19-7-2-16(3-8-19)13-30-14-17(4-11-22(30)32)21-12-23(33)31(24(36)29-21)18-5-9-20(10-6-18)35-15-25(26,27)28;7-4-1-2-5-3-6-4/h2-12,14H,13,15H2,1H3,(H,29,36);1-3H,(H,5,6,7). The molecule has 43 heavy (non-hydrogen) atoms. The minimum atomic E-state index is -4.45. The number of pyridine rings is 1. The van der Waals surface area contributed by atoms with Crippen molar-refractivity contribution in [2.24, 2.45) is 0 Å². The summed E-state index contributed by atoms with van der Waals surface area (Å²) in [6, 6.07) is 18.5. The molecular weight excluding hydrogens is 587 g/mol. The lowest BCUT2D eigenvalue weighted by Crippen LogP contribution is -2.21. The van der Waals surface area contributed by atoms with Crippen LogP contribution in [0.1, 0.15) is 5.56 Å². The van der Waals surface area contributed by atoms with Crippen molar-refractivity contribution in [2.75, 3.05) is 13.7 Å². The van der Waals surface area contributed by atoms with Crippen LogP contribution in [0.3, 0.4) is 0 Å². The highest BCUT2D eigenvalue weighted by Crippen LogP contribution is 2.21. The molecule has 14 heteroatoms. The quantitative estimate of drug-likeness (QED) is 0.260. The molecule has 3 aromatic heterocycles. The molecule has 2 aromatic carbocycles. The maximum Gasteiger partial charge on any atom is 0.422 e. The molecule has 0 saturated carbocycles. The molecule has 0 bridgehead atoms. The van der Waals surface area contributed by atoms with Crippen molar-refractivity contribution in [1.29, 1.82) is 0 Å². The largest absolute Gasteiger partial charge is 0.497 e. The Balaban J connectivity index is 0.000000530. The third-order valence-corrected chi connectivity index (χ3v) is 6.11. The van der Waals surface area contributed by atoms with Crippen LogP contribution >= 0.6 is 12.2 Å². The van der Waals surface area contributed by atoms with E-state index < -0.39 is 18.3 Å². The molecular formula is C29H24F3N5O5S. The topological polar surface area (TPSA) is 124 Å². The zero-order chi connectivity index (χ0) is 31.0. The molecule has 3 heterocycles. The SMILES string of the molecule is COc1ccc(Cn2cc(-c3cc(=O)n(-c4ccc(OCC(F)(F)F)cc4)c(=S)[nH]3)ccc2=O)cc1.O=c1ccnc[nH]1. The number of rotatable bonds is 7. The summed E-state index contributed by atoms with van der Waals surface area (Å²) >= 11 is 5.38. The molecule has 0 aliphatic carbocycles. The van der Waals surface area contributed by atoms with Gasteiger partial charge in [0.2, 0.25) is 0 Å². The fraction of sp³-hybridized carbons (Fsp3) is 0.138. The monoisotopic (exact) mass is 611 g/mol. The van der Waals surface area contributed by atoms with Crippen LogP contribution < -0.4 is 26.2 Å². The number of hydrogen-bond acceptors (Lipinski definition) is 7. The van der Waals surface area contributed by atoms with Crippen LogP contribution in [-0.2, 0) is 6.54 Å². The zero-order valence-electron chi connectivity index (χ0n) is 22.5. The number of methoxy groups -OCH3 is 1. The van der Waals surface area contributed by atoms with Crippen LogP contribution in [-0.4, -0.2) is 44.0 Å². The average Bonchev–Trinajstić information content (AvgIpc) is 2.98. The first-order valence-corrected chi connectivity index (χ1v) is 12.9. The molecule has 0 aliphatic heterocycles. The molecule has 0 unspecified atom stereocenters. The summed E-state index contributed by atoms with van der Waals surface area (Å²) < 4.78 is 49.7. The van der Waals surface area contributed by atoms with E-state index in [1.165, 1.54) is 64.1 Å². The van der Waals surface area contributed by atoms with E-state index in [0.717, 1.165) is 5.56 Å². The van der Waals surface area contributed by atoms with E-state index in [1.54, 1.807) is 31.5 Å². The van der Waals surface area contributed by atoms with Crippen LogP contribution in [0, 0.1) is 4.77 Å². The Morgan fingerprint density at radius 3 is 2.16 bits per heavy atom. The van der Waals surface area contributed by atoms with Gasteiger partial charge in [-0.3, -0.25) is 19.0 Å². The van der Waals surface area contributed by atoms with Crippen molar-refractivity contribution < 1.29 is 22.6 Å². The Morgan fingerprint density at radius 1 is 0.907 bits per heavy atom.